The van der Waals surface area contributed by atoms with Crippen molar-refractivity contribution >= 4 is 24.0 Å². The smallest absolute Gasteiger partial charge is 0.294 e. The molecule has 0 bridgehead atoms. The summed E-state index contributed by atoms with van der Waals surface area (Å²) >= 11 is 0. The van der Waals surface area contributed by atoms with Crippen LogP contribution in [0, 0.1) is 17.0 Å². The lowest BCUT2D eigenvalue weighted by Crippen LogP contribution is -2.47. The topological polar surface area (TPSA) is 119 Å². The van der Waals surface area contributed by atoms with E-state index in [1.54, 1.807) is 19.1 Å². The van der Waals surface area contributed by atoms with Crippen LogP contribution >= 0.6 is 12.4 Å². The monoisotopic (exact) mass is 393 g/mol. The minimum absolute atomic E-state index is 0. The summed E-state index contributed by atoms with van der Waals surface area (Å²) in [5, 5.41) is 21.4. The van der Waals surface area contributed by atoms with E-state index in [0.717, 1.165) is 19.4 Å². The van der Waals surface area contributed by atoms with Crippen LogP contribution in [0.3, 0.4) is 0 Å². The molecule has 1 aliphatic heterocycles. The average Bonchev–Trinajstić information content (AvgIpc) is 2.62. The zero-order valence-electron chi connectivity index (χ0n) is 14.7. The highest BCUT2D eigenvalue weighted by atomic mass is 35.5. The Kier molecular flexibility index (Phi) is 6.65. The van der Waals surface area contributed by atoms with E-state index in [2.05, 4.69) is 15.7 Å². The van der Waals surface area contributed by atoms with Crippen molar-refractivity contribution in [3.63, 3.8) is 0 Å². The molecular weight excluding hydrogens is 374 g/mol. The second-order valence-corrected chi connectivity index (χ2v) is 6.17. The van der Waals surface area contributed by atoms with Gasteiger partial charge in [-0.15, -0.1) is 12.4 Å². The average molecular weight is 394 g/mol. The predicted molar refractivity (Wildman–Crippen MR) is 102 cm³/mol. The Morgan fingerprint density at radius 3 is 2.81 bits per heavy atom. The second-order valence-electron chi connectivity index (χ2n) is 6.17. The van der Waals surface area contributed by atoms with Gasteiger partial charge in [0, 0.05) is 30.4 Å². The number of rotatable bonds is 4. The van der Waals surface area contributed by atoms with Crippen LogP contribution < -0.4 is 16.1 Å². The van der Waals surface area contributed by atoms with Crippen LogP contribution in [0.5, 0.6) is 0 Å². The number of amides is 1. The number of carbonyl (C=O) groups is 1. The highest BCUT2D eigenvalue weighted by Crippen LogP contribution is 2.22. The van der Waals surface area contributed by atoms with Crippen molar-refractivity contribution in [2.24, 2.45) is 0 Å². The molecular formula is C17H20ClN5O4. The highest BCUT2D eigenvalue weighted by Gasteiger charge is 2.22. The van der Waals surface area contributed by atoms with Crippen molar-refractivity contribution in [3.8, 4) is 5.69 Å². The molecule has 9 nitrogen and oxygen atoms in total. The number of hydrogen-bond donors (Lipinski definition) is 2. The van der Waals surface area contributed by atoms with Gasteiger partial charge in [0.1, 0.15) is 5.69 Å². The molecule has 0 spiro atoms. The van der Waals surface area contributed by atoms with Crippen LogP contribution in [-0.2, 0) is 0 Å². The summed E-state index contributed by atoms with van der Waals surface area (Å²) in [5.74, 6) is -0.573. The minimum Gasteiger partial charge on any atom is -0.347 e. The minimum atomic E-state index is -0.573. The Morgan fingerprint density at radius 1 is 1.41 bits per heavy atom. The summed E-state index contributed by atoms with van der Waals surface area (Å²) in [7, 11) is 0. The first-order chi connectivity index (χ1) is 12.5. The van der Waals surface area contributed by atoms with Crippen LogP contribution in [0.4, 0.5) is 5.69 Å². The number of piperidine rings is 1. The maximum absolute atomic E-state index is 12.5. The zero-order valence-corrected chi connectivity index (χ0v) is 15.5. The number of aryl methyl sites for hydroxylation is 1. The van der Waals surface area contributed by atoms with Gasteiger partial charge in [-0.3, -0.25) is 19.7 Å². The number of nitro benzene ring substituents is 1. The Balaban J connectivity index is 0.00000261. The van der Waals surface area contributed by atoms with Crippen LogP contribution in [-0.4, -0.2) is 39.7 Å². The summed E-state index contributed by atoms with van der Waals surface area (Å²) in [6.07, 6.45) is 1.76. The second kappa shape index (κ2) is 8.74. The largest absolute Gasteiger partial charge is 0.347 e. The molecule has 1 fully saturated rings. The third-order valence-corrected chi connectivity index (χ3v) is 4.26. The van der Waals surface area contributed by atoms with E-state index in [1.807, 2.05) is 0 Å². The number of aromatic nitrogens is 2. The van der Waals surface area contributed by atoms with E-state index in [0.29, 0.717) is 12.2 Å². The van der Waals surface area contributed by atoms with Crippen LogP contribution in [0.15, 0.2) is 35.1 Å². The van der Waals surface area contributed by atoms with Gasteiger partial charge in [-0.05, 0) is 32.4 Å². The van der Waals surface area contributed by atoms with E-state index in [9.17, 15) is 19.7 Å². The number of nitrogens with one attached hydrogen (secondary N) is 2. The molecule has 2 aromatic rings. The molecule has 0 radical (unpaired) electrons. The van der Waals surface area contributed by atoms with Gasteiger partial charge in [0.25, 0.3) is 11.6 Å². The molecule has 0 unspecified atom stereocenters. The van der Waals surface area contributed by atoms with Gasteiger partial charge >= 0.3 is 0 Å². The fraction of sp³-hybridized carbons (Fsp3) is 0.353. The Bertz CT molecular complexity index is 908. The van der Waals surface area contributed by atoms with E-state index < -0.39 is 16.3 Å². The Hall–Kier alpha value is -2.78. The van der Waals surface area contributed by atoms with Gasteiger partial charge in [-0.1, -0.05) is 12.1 Å². The maximum atomic E-state index is 12.5. The fourth-order valence-corrected chi connectivity index (χ4v) is 2.97. The number of nitro groups is 1. The standard InChI is InChI=1S/C17H19N5O4.ClH/c1-11-9-15(23)16(17(24)19-12-5-4-8-18-10-12)20-21(11)13-6-2-3-7-14(13)22(25)26;/h2-3,6-7,9,12,18H,4-5,8,10H2,1H3,(H,19,24);1H/t12-;/m0./s1. The molecule has 3 rings (SSSR count). The quantitative estimate of drug-likeness (QED) is 0.597. The molecule has 1 aromatic carbocycles. The van der Waals surface area contributed by atoms with Crippen molar-refractivity contribution in [2.75, 3.05) is 13.1 Å². The van der Waals surface area contributed by atoms with E-state index in [-0.39, 0.29) is 35.5 Å². The van der Waals surface area contributed by atoms with Crippen molar-refractivity contribution in [1.29, 1.82) is 0 Å². The van der Waals surface area contributed by atoms with E-state index >= 15 is 0 Å². The van der Waals surface area contributed by atoms with Crippen LogP contribution in [0.25, 0.3) is 5.69 Å². The summed E-state index contributed by atoms with van der Waals surface area (Å²) in [4.78, 5) is 35.5. The molecule has 1 aliphatic rings. The summed E-state index contributed by atoms with van der Waals surface area (Å²) < 4.78 is 1.26. The number of halogens is 1. The van der Waals surface area contributed by atoms with Gasteiger partial charge in [-0.2, -0.15) is 5.10 Å². The molecule has 27 heavy (non-hydrogen) atoms. The number of para-hydroxylation sites is 2. The third-order valence-electron chi connectivity index (χ3n) is 4.26. The molecule has 10 heteroatoms. The summed E-state index contributed by atoms with van der Waals surface area (Å²) in [5.41, 5.74) is -0.351. The van der Waals surface area contributed by atoms with Gasteiger partial charge in [-0.25, -0.2) is 4.68 Å². The predicted octanol–water partition coefficient (Wildman–Crippen LogP) is 1.35. The first-order valence-corrected chi connectivity index (χ1v) is 8.33. The normalized spacial score (nSPS) is 16.3. The molecule has 1 aromatic heterocycles. The van der Waals surface area contributed by atoms with E-state index in [1.165, 1.54) is 22.9 Å². The van der Waals surface area contributed by atoms with Crippen LogP contribution in [0.1, 0.15) is 29.0 Å². The molecule has 0 aliphatic carbocycles. The maximum Gasteiger partial charge on any atom is 0.294 e. The summed E-state index contributed by atoms with van der Waals surface area (Å²) in [6.45, 7) is 3.15. The Morgan fingerprint density at radius 2 is 2.15 bits per heavy atom. The van der Waals surface area contributed by atoms with Crippen molar-refractivity contribution in [1.82, 2.24) is 20.4 Å². The first-order valence-electron chi connectivity index (χ1n) is 8.33. The lowest BCUT2D eigenvalue weighted by atomic mass is 10.1. The molecule has 144 valence electrons. The van der Waals surface area contributed by atoms with Crippen molar-refractivity contribution < 1.29 is 9.72 Å². The molecule has 2 heterocycles. The van der Waals surface area contributed by atoms with Gasteiger partial charge in [0.05, 0.1) is 4.92 Å². The SMILES string of the molecule is Cc1cc(=O)c(C(=O)N[C@H]2CCCNC2)nn1-c1ccccc1[N+](=O)[O-].Cl. The van der Waals surface area contributed by atoms with E-state index in [4.69, 9.17) is 0 Å². The van der Waals surface area contributed by atoms with Gasteiger partial charge < -0.3 is 10.6 Å². The molecule has 1 saturated heterocycles. The number of carbonyl (C=O) groups excluding carboxylic acids is 1. The van der Waals surface area contributed by atoms with Gasteiger partial charge in [0.2, 0.25) is 5.43 Å². The number of benzene rings is 1. The summed E-state index contributed by atoms with van der Waals surface area (Å²) in [6, 6.07) is 7.24. The third kappa shape index (κ3) is 4.50. The number of hydrogen-bond acceptors (Lipinski definition) is 6. The lowest BCUT2D eigenvalue weighted by molar-refractivity contribution is -0.384. The zero-order chi connectivity index (χ0) is 18.7. The Labute approximate surface area is 161 Å². The first kappa shape index (κ1) is 20.5. The van der Waals surface area contributed by atoms with Crippen molar-refractivity contribution in [3.05, 3.63) is 62.1 Å². The lowest BCUT2D eigenvalue weighted by Gasteiger charge is -2.23. The number of nitrogens with zero attached hydrogens (tertiary/aromatic N) is 3. The van der Waals surface area contributed by atoms with Crippen molar-refractivity contribution in [2.45, 2.75) is 25.8 Å². The van der Waals surface area contributed by atoms with Crippen LogP contribution in [0.2, 0.25) is 0 Å². The molecule has 1 amide bonds. The molecule has 2 N–H and O–H groups in total. The fourth-order valence-electron chi connectivity index (χ4n) is 2.97. The molecule has 0 saturated carbocycles. The molecule has 1 atom stereocenters. The highest BCUT2D eigenvalue weighted by molar-refractivity contribution is 5.92. The van der Waals surface area contributed by atoms with Gasteiger partial charge in [0.15, 0.2) is 5.69 Å².